The number of likely N-dealkylation sites (tertiary alicyclic amines) is 1. The molecule has 13 nitrogen and oxygen atoms in total. The molecule has 1 aromatic heterocycles. The number of hydrogen-bond donors (Lipinski definition) is 2. The summed E-state index contributed by atoms with van der Waals surface area (Å²) in [6.45, 7) is 10.1. The zero-order valence-corrected chi connectivity index (χ0v) is 29.7. The Morgan fingerprint density at radius 2 is 1.71 bits per heavy atom. The van der Waals surface area contributed by atoms with Gasteiger partial charge in [-0.25, -0.2) is 22.9 Å². The smallest absolute Gasteiger partial charge is 0.411 e. The molecule has 0 radical (unpaired) electrons. The number of rotatable bonds is 2. The summed E-state index contributed by atoms with van der Waals surface area (Å²) in [6, 6.07) is 12.4. The van der Waals surface area contributed by atoms with Crippen molar-refractivity contribution in [3.8, 4) is 17.1 Å². The van der Waals surface area contributed by atoms with Crippen LogP contribution in [0.1, 0.15) is 55.1 Å². The second kappa shape index (κ2) is 13.2. The summed E-state index contributed by atoms with van der Waals surface area (Å²) in [4.78, 5) is 52.7. The number of anilines is 1. The number of hydrogen-bond acceptors (Lipinski definition) is 10. The van der Waals surface area contributed by atoms with Crippen LogP contribution in [0.5, 0.6) is 5.88 Å². The van der Waals surface area contributed by atoms with E-state index in [9.17, 15) is 22.8 Å². The van der Waals surface area contributed by atoms with E-state index < -0.39 is 39.4 Å². The lowest BCUT2D eigenvalue weighted by Gasteiger charge is -2.44. The summed E-state index contributed by atoms with van der Waals surface area (Å²) in [6.07, 6.45) is -0.132. The Hall–Kier alpha value is -4.37. The van der Waals surface area contributed by atoms with E-state index in [2.05, 4.69) is 20.0 Å². The second-order valence-corrected chi connectivity index (χ2v) is 16.3. The van der Waals surface area contributed by atoms with Crippen molar-refractivity contribution in [2.75, 3.05) is 35.9 Å². The van der Waals surface area contributed by atoms with Crippen LogP contribution in [0.25, 0.3) is 11.3 Å². The van der Waals surface area contributed by atoms with Crippen molar-refractivity contribution in [3.05, 3.63) is 65.2 Å². The minimum Gasteiger partial charge on any atom is -0.451 e. The highest BCUT2D eigenvalue weighted by Gasteiger charge is 2.44. The van der Waals surface area contributed by atoms with E-state index in [4.69, 9.17) is 9.47 Å². The molecule has 260 valence electrons. The number of aromatic nitrogens is 2. The van der Waals surface area contributed by atoms with Crippen LogP contribution < -0.4 is 14.8 Å². The number of thioether (sulfide) groups is 1. The van der Waals surface area contributed by atoms with Crippen LogP contribution in [0.4, 0.5) is 10.7 Å². The average Bonchev–Trinajstić information content (AvgIpc) is 3.03. The first-order valence-corrected chi connectivity index (χ1v) is 18.7. The number of aryl methyl sites for hydroxylation is 2. The first-order valence-electron chi connectivity index (χ1n) is 16.1. The molecule has 49 heavy (non-hydrogen) atoms. The third kappa shape index (κ3) is 7.47. The highest BCUT2D eigenvalue weighted by molar-refractivity contribution is 7.99. The lowest BCUT2D eigenvalue weighted by atomic mass is 9.98. The molecule has 6 rings (SSSR count). The van der Waals surface area contributed by atoms with Crippen molar-refractivity contribution < 1.29 is 32.3 Å². The van der Waals surface area contributed by atoms with Crippen molar-refractivity contribution in [3.63, 3.8) is 0 Å². The lowest BCUT2D eigenvalue weighted by Crippen LogP contribution is -2.62. The number of fused-ring (bicyclic) bond motifs is 4. The van der Waals surface area contributed by atoms with E-state index in [0.717, 1.165) is 16.7 Å². The summed E-state index contributed by atoms with van der Waals surface area (Å²) in [5, 5.41) is 3.01. The summed E-state index contributed by atoms with van der Waals surface area (Å²) in [5.41, 5.74) is 1.19. The third-order valence-electron chi connectivity index (χ3n) is 8.64. The van der Waals surface area contributed by atoms with E-state index in [1.807, 2.05) is 32.0 Å². The predicted octanol–water partition coefficient (Wildman–Crippen LogP) is 4.35. The molecule has 3 aliphatic rings. The second-order valence-electron chi connectivity index (χ2n) is 13.5. The van der Waals surface area contributed by atoms with Crippen LogP contribution in [0.2, 0.25) is 0 Å². The summed E-state index contributed by atoms with van der Waals surface area (Å²) < 4.78 is 41.4. The molecular weight excluding hydrogens is 669 g/mol. The molecule has 1 spiro atoms. The van der Waals surface area contributed by atoms with Gasteiger partial charge in [0.1, 0.15) is 11.6 Å². The zero-order chi connectivity index (χ0) is 35.1. The third-order valence-corrected chi connectivity index (χ3v) is 11.0. The van der Waals surface area contributed by atoms with Crippen LogP contribution in [0.3, 0.4) is 0 Å². The molecule has 2 aromatic carbocycles. The highest BCUT2D eigenvalue weighted by atomic mass is 32.2. The molecule has 3 aromatic rings. The molecule has 0 saturated carbocycles. The highest BCUT2D eigenvalue weighted by Crippen LogP contribution is 2.34. The number of benzene rings is 2. The van der Waals surface area contributed by atoms with Gasteiger partial charge in [0.2, 0.25) is 17.7 Å². The van der Waals surface area contributed by atoms with Gasteiger partial charge in [0.25, 0.3) is 15.9 Å². The van der Waals surface area contributed by atoms with E-state index in [-0.39, 0.29) is 54.1 Å². The maximum atomic E-state index is 13.9. The van der Waals surface area contributed by atoms with Gasteiger partial charge in [0.15, 0.2) is 5.72 Å². The van der Waals surface area contributed by atoms with Crippen molar-refractivity contribution in [1.29, 1.82) is 0 Å². The van der Waals surface area contributed by atoms with Gasteiger partial charge in [-0.05, 0) is 63.9 Å². The Labute approximate surface area is 290 Å². The summed E-state index contributed by atoms with van der Waals surface area (Å²) >= 11 is 1.61. The Morgan fingerprint density at radius 3 is 2.41 bits per heavy atom. The van der Waals surface area contributed by atoms with E-state index in [1.165, 1.54) is 29.2 Å². The van der Waals surface area contributed by atoms with E-state index in [0.29, 0.717) is 23.7 Å². The molecule has 1 unspecified atom stereocenters. The van der Waals surface area contributed by atoms with Gasteiger partial charge in [-0.15, -0.1) is 0 Å². The Morgan fingerprint density at radius 1 is 1.02 bits per heavy atom. The maximum Gasteiger partial charge on any atom is 0.411 e. The van der Waals surface area contributed by atoms with Gasteiger partial charge >= 0.3 is 6.09 Å². The normalized spacial score (nSPS) is 20.2. The largest absolute Gasteiger partial charge is 0.451 e. The van der Waals surface area contributed by atoms with E-state index >= 15 is 0 Å². The van der Waals surface area contributed by atoms with E-state index in [1.54, 1.807) is 43.5 Å². The minimum atomic E-state index is -4.16. The van der Waals surface area contributed by atoms with Crippen molar-refractivity contribution in [2.45, 2.75) is 69.7 Å². The van der Waals surface area contributed by atoms with Crippen LogP contribution in [-0.4, -0.2) is 94.6 Å². The van der Waals surface area contributed by atoms with Crippen LogP contribution >= 0.6 is 11.8 Å². The molecule has 2 saturated heterocycles. The molecular formula is C34H40N6O7S2. The number of carbonyl (C=O) groups is 3. The number of sulfonamides is 1. The number of nitrogens with one attached hydrogen (secondary N) is 2. The molecule has 4 heterocycles. The fourth-order valence-electron chi connectivity index (χ4n) is 6.23. The predicted molar refractivity (Wildman–Crippen MR) is 185 cm³/mol. The number of carbonyl (C=O) groups excluding carboxylic acids is 3. The molecule has 3 aliphatic heterocycles. The Balaban J connectivity index is 1.34. The molecule has 1 atom stereocenters. The average molecular weight is 709 g/mol. The maximum absolute atomic E-state index is 13.9. The summed E-state index contributed by atoms with van der Waals surface area (Å²) in [7, 11) is -4.16. The number of ether oxygens (including phenoxy) is 2. The van der Waals surface area contributed by atoms with Crippen LogP contribution in [0.15, 0.2) is 53.4 Å². The number of piperidine rings is 1. The first-order chi connectivity index (χ1) is 23.1. The van der Waals surface area contributed by atoms with Gasteiger partial charge < -0.3 is 19.7 Å². The Kier molecular flexibility index (Phi) is 9.26. The zero-order valence-electron chi connectivity index (χ0n) is 28.1. The molecule has 0 aliphatic carbocycles. The SMILES string of the molecule is Cc1cccc(C)c1-c1cc2nc(n1)NS(=O)(=O)c1cccc(c1)C(=O)NC1(CCN(C(=O)C3CSCCN3C(=O)OC(C)(C)C)CC1)O2. The molecule has 2 fully saturated rings. The summed E-state index contributed by atoms with van der Waals surface area (Å²) in [5.74, 6) is 0.275. The van der Waals surface area contributed by atoms with Gasteiger partial charge in [-0.1, -0.05) is 24.3 Å². The molecule has 3 amide bonds. The van der Waals surface area contributed by atoms with Crippen LogP contribution in [-0.2, 0) is 19.6 Å². The molecule has 2 N–H and O–H groups in total. The fraction of sp³-hybridized carbons (Fsp3) is 0.441. The Bertz CT molecular complexity index is 1880. The lowest BCUT2D eigenvalue weighted by molar-refractivity contribution is -0.140. The van der Waals surface area contributed by atoms with Gasteiger partial charge in [-0.3, -0.25) is 14.5 Å². The van der Waals surface area contributed by atoms with Crippen LogP contribution in [0, 0.1) is 13.8 Å². The monoisotopic (exact) mass is 708 g/mol. The fourth-order valence-corrected chi connectivity index (χ4v) is 8.26. The van der Waals surface area contributed by atoms with Crippen molar-refractivity contribution >= 4 is 45.6 Å². The standard InChI is InChI=1S/C34H40N6O7S2/c1-21-8-6-9-22(2)28(21)25-19-27-36-31(35-25)38-49(44,45)24-11-7-10-23(18-24)29(41)37-34(46-27)12-14-39(15-13-34)30(42)26-20-48-17-16-40(26)32(43)47-33(3,4)5/h6-11,18-19,26H,12-17,20H2,1-5H3,(H,37,41)(H,35,36,38). The number of amides is 3. The van der Waals surface area contributed by atoms with Gasteiger partial charge in [-0.2, -0.15) is 16.7 Å². The molecule has 4 bridgehead atoms. The van der Waals surface area contributed by atoms with Gasteiger partial charge in [0, 0.05) is 61.2 Å². The van der Waals surface area contributed by atoms with Crippen molar-refractivity contribution in [2.24, 2.45) is 0 Å². The topological polar surface area (TPSA) is 160 Å². The quantitative estimate of drug-likeness (QED) is 0.392. The minimum absolute atomic E-state index is 0.0504. The number of nitrogens with zero attached hydrogens (tertiary/aromatic N) is 4. The van der Waals surface area contributed by atoms with Gasteiger partial charge in [0.05, 0.1) is 10.6 Å². The van der Waals surface area contributed by atoms with Crippen molar-refractivity contribution in [1.82, 2.24) is 25.1 Å². The first kappa shape index (κ1) is 34.5. The molecule has 15 heteroatoms.